The van der Waals surface area contributed by atoms with Gasteiger partial charge >= 0.3 is 0 Å². The van der Waals surface area contributed by atoms with E-state index in [1.807, 2.05) is 30.3 Å². The maximum absolute atomic E-state index is 12.4. The molecule has 0 radical (unpaired) electrons. The number of anilines is 2. The predicted octanol–water partition coefficient (Wildman–Crippen LogP) is 4.15. The number of rotatable bonds is 8. The molecule has 0 aliphatic heterocycles. The van der Waals surface area contributed by atoms with Crippen LogP contribution in [0.1, 0.15) is 36.5 Å². The lowest BCUT2D eigenvalue weighted by atomic mass is 10.1. The summed E-state index contributed by atoms with van der Waals surface area (Å²) >= 11 is 0. The first-order valence-electron chi connectivity index (χ1n) is 9.81. The summed E-state index contributed by atoms with van der Waals surface area (Å²) in [4.78, 5) is 25.0. The second-order valence-corrected chi connectivity index (χ2v) is 6.95. The molecule has 148 valence electrons. The third-order valence-electron chi connectivity index (χ3n) is 4.45. The molecule has 1 aliphatic carbocycles. The van der Waals surface area contributed by atoms with Crippen LogP contribution in [0.4, 0.5) is 11.8 Å². The molecule has 3 aromatic rings. The molecule has 0 bridgehead atoms. The number of pyridine rings is 1. The van der Waals surface area contributed by atoms with E-state index in [9.17, 15) is 4.79 Å². The largest absolute Gasteiger partial charge is 0.490 e. The number of hydrogen-bond donors (Lipinski definition) is 2. The number of ether oxygens (including phenoxy) is 1. The first kappa shape index (κ1) is 18.9. The van der Waals surface area contributed by atoms with Crippen molar-refractivity contribution in [1.29, 1.82) is 0 Å². The summed E-state index contributed by atoms with van der Waals surface area (Å²) in [6.07, 6.45) is 8.33. The molecule has 0 atom stereocenters. The highest BCUT2D eigenvalue weighted by Crippen LogP contribution is 2.29. The Kier molecular flexibility index (Phi) is 5.65. The van der Waals surface area contributed by atoms with Crippen LogP contribution in [0.15, 0.2) is 55.0 Å². The summed E-state index contributed by atoms with van der Waals surface area (Å²) in [7, 11) is 0. The van der Waals surface area contributed by atoms with E-state index in [4.69, 9.17) is 4.74 Å². The Morgan fingerprint density at radius 1 is 1.07 bits per heavy atom. The van der Waals surface area contributed by atoms with Crippen molar-refractivity contribution in [1.82, 2.24) is 15.0 Å². The Morgan fingerprint density at radius 2 is 1.90 bits per heavy atom. The average Bonchev–Trinajstić information content (AvgIpc) is 3.57. The van der Waals surface area contributed by atoms with Crippen molar-refractivity contribution in [3.8, 4) is 16.9 Å². The fourth-order valence-electron chi connectivity index (χ4n) is 2.73. The Bertz CT molecular complexity index is 969. The van der Waals surface area contributed by atoms with E-state index in [-0.39, 0.29) is 5.91 Å². The SMILES string of the molecule is CCCNc1ncc(C(=O)Nc2ccc(-c3cccc(OC4CC4)c3)cn2)cn1. The minimum atomic E-state index is -0.299. The monoisotopic (exact) mass is 389 g/mol. The maximum Gasteiger partial charge on any atom is 0.259 e. The summed E-state index contributed by atoms with van der Waals surface area (Å²) < 4.78 is 5.85. The molecule has 1 fully saturated rings. The van der Waals surface area contributed by atoms with Gasteiger partial charge in [0.25, 0.3) is 5.91 Å². The molecule has 1 saturated carbocycles. The molecule has 2 aromatic heterocycles. The highest BCUT2D eigenvalue weighted by Gasteiger charge is 2.23. The normalized spacial score (nSPS) is 13.0. The molecule has 7 heteroatoms. The smallest absolute Gasteiger partial charge is 0.259 e. The van der Waals surface area contributed by atoms with Gasteiger partial charge in [-0.3, -0.25) is 4.79 Å². The van der Waals surface area contributed by atoms with E-state index in [0.717, 1.165) is 42.7 Å². The lowest BCUT2D eigenvalue weighted by Gasteiger charge is -2.08. The highest BCUT2D eigenvalue weighted by molar-refractivity contribution is 6.03. The number of benzene rings is 1. The van der Waals surface area contributed by atoms with Crippen LogP contribution in [0.3, 0.4) is 0 Å². The predicted molar refractivity (Wildman–Crippen MR) is 112 cm³/mol. The molecule has 4 rings (SSSR count). The number of carbonyl (C=O) groups excluding carboxylic acids is 1. The van der Waals surface area contributed by atoms with Crippen LogP contribution in [0.5, 0.6) is 5.75 Å². The molecular weight excluding hydrogens is 366 g/mol. The van der Waals surface area contributed by atoms with Gasteiger partial charge in [0.15, 0.2) is 0 Å². The summed E-state index contributed by atoms with van der Waals surface area (Å²) in [5.74, 6) is 1.56. The Balaban J connectivity index is 1.39. The summed E-state index contributed by atoms with van der Waals surface area (Å²) in [6, 6.07) is 11.7. The number of amides is 1. The highest BCUT2D eigenvalue weighted by atomic mass is 16.5. The van der Waals surface area contributed by atoms with Crippen molar-refractivity contribution >= 4 is 17.7 Å². The molecule has 7 nitrogen and oxygen atoms in total. The van der Waals surface area contributed by atoms with Crippen molar-refractivity contribution in [2.24, 2.45) is 0 Å². The quantitative estimate of drug-likeness (QED) is 0.601. The van der Waals surface area contributed by atoms with E-state index in [2.05, 4.69) is 32.5 Å². The van der Waals surface area contributed by atoms with Gasteiger partial charge in [0, 0.05) is 30.7 Å². The van der Waals surface area contributed by atoms with Crippen LogP contribution in [-0.2, 0) is 0 Å². The number of hydrogen-bond acceptors (Lipinski definition) is 6. The summed E-state index contributed by atoms with van der Waals surface area (Å²) in [5, 5.41) is 5.84. The molecule has 0 unspecified atom stereocenters. The van der Waals surface area contributed by atoms with Crippen LogP contribution >= 0.6 is 0 Å². The first-order valence-corrected chi connectivity index (χ1v) is 9.81. The van der Waals surface area contributed by atoms with Crippen molar-refractivity contribution in [2.45, 2.75) is 32.3 Å². The van der Waals surface area contributed by atoms with Crippen molar-refractivity contribution in [3.63, 3.8) is 0 Å². The zero-order valence-electron chi connectivity index (χ0n) is 16.3. The van der Waals surface area contributed by atoms with Crippen LogP contribution in [0.25, 0.3) is 11.1 Å². The molecule has 2 heterocycles. The molecular formula is C22H23N5O2. The van der Waals surface area contributed by atoms with Gasteiger partial charge in [0.1, 0.15) is 11.6 Å². The van der Waals surface area contributed by atoms with Crippen molar-refractivity contribution < 1.29 is 9.53 Å². The van der Waals surface area contributed by atoms with Gasteiger partial charge in [-0.05, 0) is 49.1 Å². The Labute approximate surface area is 169 Å². The molecule has 1 aromatic carbocycles. The molecule has 1 aliphatic rings. The fraction of sp³-hybridized carbons (Fsp3) is 0.273. The van der Waals surface area contributed by atoms with E-state index < -0.39 is 0 Å². The second kappa shape index (κ2) is 8.68. The third kappa shape index (κ3) is 5.07. The zero-order chi connectivity index (χ0) is 20.1. The number of aromatic nitrogens is 3. The zero-order valence-corrected chi connectivity index (χ0v) is 16.3. The van der Waals surface area contributed by atoms with Crippen LogP contribution in [0.2, 0.25) is 0 Å². The number of nitrogens with zero attached hydrogens (tertiary/aromatic N) is 3. The number of nitrogens with one attached hydrogen (secondary N) is 2. The average molecular weight is 389 g/mol. The van der Waals surface area contributed by atoms with Gasteiger partial charge in [-0.1, -0.05) is 19.1 Å². The van der Waals surface area contributed by atoms with Gasteiger partial charge in [0.05, 0.1) is 11.7 Å². The van der Waals surface area contributed by atoms with Gasteiger partial charge in [-0.25, -0.2) is 15.0 Å². The van der Waals surface area contributed by atoms with Gasteiger partial charge in [-0.15, -0.1) is 0 Å². The Hall–Kier alpha value is -3.48. The standard InChI is InChI=1S/C22H23N5O2/c1-2-10-23-22-25-13-17(14-26-22)21(28)27-20-9-6-16(12-24-20)15-4-3-5-19(11-15)29-18-7-8-18/h3-6,9,11-14,18H,2,7-8,10H2,1H3,(H,23,25,26)(H,24,27,28). The van der Waals surface area contributed by atoms with Gasteiger partial charge in [-0.2, -0.15) is 0 Å². The summed E-state index contributed by atoms with van der Waals surface area (Å²) in [6.45, 7) is 2.85. The van der Waals surface area contributed by atoms with E-state index in [1.165, 1.54) is 12.4 Å². The topological polar surface area (TPSA) is 89.0 Å². The van der Waals surface area contributed by atoms with Gasteiger partial charge in [0.2, 0.25) is 5.95 Å². The Morgan fingerprint density at radius 3 is 2.59 bits per heavy atom. The van der Waals surface area contributed by atoms with Crippen molar-refractivity contribution in [3.05, 3.63) is 60.6 Å². The van der Waals surface area contributed by atoms with Crippen LogP contribution in [0, 0.1) is 0 Å². The second-order valence-electron chi connectivity index (χ2n) is 6.95. The van der Waals surface area contributed by atoms with E-state index in [1.54, 1.807) is 12.3 Å². The van der Waals surface area contributed by atoms with Crippen LogP contribution in [-0.4, -0.2) is 33.5 Å². The van der Waals surface area contributed by atoms with E-state index >= 15 is 0 Å². The lowest BCUT2D eigenvalue weighted by molar-refractivity contribution is 0.102. The summed E-state index contributed by atoms with van der Waals surface area (Å²) in [5.41, 5.74) is 2.36. The molecule has 1 amide bonds. The third-order valence-corrected chi connectivity index (χ3v) is 4.45. The minimum Gasteiger partial charge on any atom is -0.490 e. The van der Waals surface area contributed by atoms with E-state index in [0.29, 0.717) is 23.4 Å². The van der Waals surface area contributed by atoms with Crippen LogP contribution < -0.4 is 15.4 Å². The minimum absolute atomic E-state index is 0.299. The fourth-order valence-corrected chi connectivity index (χ4v) is 2.73. The first-order chi connectivity index (χ1) is 14.2. The molecule has 0 spiro atoms. The maximum atomic E-state index is 12.4. The van der Waals surface area contributed by atoms with Crippen molar-refractivity contribution in [2.75, 3.05) is 17.2 Å². The molecule has 2 N–H and O–H groups in total. The van der Waals surface area contributed by atoms with Gasteiger partial charge < -0.3 is 15.4 Å². The molecule has 29 heavy (non-hydrogen) atoms. The number of carbonyl (C=O) groups is 1. The lowest BCUT2D eigenvalue weighted by Crippen LogP contribution is -2.14. The molecule has 0 saturated heterocycles.